The summed E-state index contributed by atoms with van der Waals surface area (Å²) in [6, 6.07) is 13.7. The van der Waals surface area contributed by atoms with Gasteiger partial charge in [0.2, 0.25) is 5.91 Å². The molecule has 118 valence electrons. The predicted molar refractivity (Wildman–Crippen MR) is 85.4 cm³/mol. The summed E-state index contributed by atoms with van der Waals surface area (Å²) in [5.74, 6) is -2.04. The van der Waals surface area contributed by atoms with Crippen LogP contribution in [0.25, 0.3) is 10.8 Å². The Hall–Kier alpha value is -2.36. The molecule has 2 aromatic carbocycles. The Bertz CT molecular complexity index is 785. The number of benzene rings is 2. The predicted octanol–water partition coefficient (Wildman–Crippen LogP) is 2.19. The van der Waals surface area contributed by atoms with Crippen molar-refractivity contribution in [2.75, 3.05) is 5.32 Å². The Morgan fingerprint density at radius 3 is 2.39 bits per heavy atom. The van der Waals surface area contributed by atoms with Crippen LogP contribution in [0.4, 0.5) is 5.69 Å². The van der Waals surface area contributed by atoms with Gasteiger partial charge in [0, 0.05) is 23.5 Å². The number of fused-ring (bicyclic) bond motifs is 3. The summed E-state index contributed by atoms with van der Waals surface area (Å²) in [6.45, 7) is 0. The molecule has 0 saturated heterocycles. The van der Waals surface area contributed by atoms with Crippen molar-refractivity contribution in [1.82, 2.24) is 0 Å². The number of carboxylic acid groups (broad SMARTS) is 1. The van der Waals surface area contributed by atoms with Crippen LogP contribution in [0.3, 0.4) is 0 Å². The Morgan fingerprint density at radius 2 is 1.65 bits per heavy atom. The van der Waals surface area contributed by atoms with Crippen LogP contribution in [0.2, 0.25) is 0 Å². The molecule has 0 heterocycles. The number of rotatable bonds is 3. The minimum absolute atomic E-state index is 0.109. The lowest BCUT2D eigenvalue weighted by Crippen LogP contribution is -2.43. The maximum absolute atomic E-state index is 12.7. The summed E-state index contributed by atoms with van der Waals surface area (Å²) >= 11 is 0. The van der Waals surface area contributed by atoms with E-state index in [0.717, 1.165) is 30.0 Å². The monoisotopic (exact) mass is 308 g/mol. The smallest absolute Gasteiger partial charge is 0.228 e. The lowest BCUT2D eigenvalue weighted by atomic mass is 9.78. The number of carbonyl (C=O) groups is 2. The molecule has 2 aliphatic carbocycles. The Labute approximate surface area is 134 Å². The summed E-state index contributed by atoms with van der Waals surface area (Å²) < 4.78 is 0. The van der Waals surface area contributed by atoms with E-state index < -0.39 is 17.8 Å². The SMILES string of the molecule is O=C(Nc1ccc2ccccc2c1)[C@@H]1[C@H]2CC[C@@H](C2)[C@@H]1C(=O)[O-]. The highest BCUT2D eigenvalue weighted by molar-refractivity contribution is 5.97. The van der Waals surface area contributed by atoms with E-state index in [-0.39, 0.29) is 17.7 Å². The summed E-state index contributed by atoms with van der Waals surface area (Å²) in [5, 5.41) is 16.5. The van der Waals surface area contributed by atoms with E-state index in [9.17, 15) is 14.7 Å². The van der Waals surface area contributed by atoms with Gasteiger partial charge in [0.15, 0.2) is 0 Å². The maximum Gasteiger partial charge on any atom is 0.228 e. The molecule has 0 spiro atoms. The molecule has 23 heavy (non-hydrogen) atoms. The number of nitrogens with one attached hydrogen (secondary N) is 1. The zero-order valence-corrected chi connectivity index (χ0v) is 12.7. The van der Waals surface area contributed by atoms with Crippen LogP contribution in [0.5, 0.6) is 0 Å². The van der Waals surface area contributed by atoms with E-state index in [2.05, 4.69) is 5.32 Å². The van der Waals surface area contributed by atoms with Crippen molar-refractivity contribution in [3.63, 3.8) is 0 Å². The Balaban J connectivity index is 1.57. The van der Waals surface area contributed by atoms with Crippen molar-refractivity contribution in [3.8, 4) is 0 Å². The van der Waals surface area contributed by atoms with E-state index in [1.807, 2.05) is 42.5 Å². The Morgan fingerprint density at radius 1 is 0.957 bits per heavy atom. The summed E-state index contributed by atoms with van der Waals surface area (Å²) in [5.41, 5.74) is 0.716. The third-order valence-electron chi connectivity index (χ3n) is 5.51. The van der Waals surface area contributed by atoms with Gasteiger partial charge >= 0.3 is 0 Å². The lowest BCUT2D eigenvalue weighted by Gasteiger charge is -2.30. The molecule has 0 aliphatic heterocycles. The molecular weight excluding hydrogens is 290 g/mol. The molecule has 1 amide bonds. The van der Waals surface area contributed by atoms with Gasteiger partial charge < -0.3 is 15.2 Å². The van der Waals surface area contributed by atoms with Crippen LogP contribution < -0.4 is 10.4 Å². The van der Waals surface area contributed by atoms with Gasteiger partial charge in [0.25, 0.3) is 0 Å². The quantitative estimate of drug-likeness (QED) is 0.945. The number of carboxylic acids is 1. The van der Waals surface area contributed by atoms with Crippen molar-refractivity contribution in [2.45, 2.75) is 19.3 Å². The van der Waals surface area contributed by atoms with E-state index in [1.165, 1.54) is 0 Å². The van der Waals surface area contributed by atoms with Gasteiger partial charge in [-0.1, -0.05) is 30.3 Å². The van der Waals surface area contributed by atoms with Crippen LogP contribution in [0.1, 0.15) is 19.3 Å². The van der Waals surface area contributed by atoms with Gasteiger partial charge in [0.1, 0.15) is 0 Å². The van der Waals surface area contributed by atoms with E-state index in [4.69, 9.17) is 0 Å². The van der Waals surface area contributed by atoms with E-state index >= 15 is 0 Å². The first-order valence-electron chi connectivity index (χ1n) is 8.14. The summed E-state index contributed by atoms with van der Waals surface area (Å²) in [6.07, 6.45) is 2.70. The van der Waals surface area contributed by atoms with Crippen molar-refractivity contribution < 1.29 is 14.7 Å². The van der Waals surface area contributed by atoms with Crippen molar-refractivity contribution >= 4 is 28.3 Å². The first-order valence-corrected chi connectivity index (χ1v) is 8.14. The van der Waals surface area contributed by atoms with Crippen molar-refractivity contribution in [1.29, 1.82) is 0 Å². The van der Waals surface area contributed by atoms with Crippen LogP contribution >= 0.6 is 0 Å². The second-order valence-corrected chi connectivity index (χ2v) is 6.75. The molecule has 4 atom stereocenters. The molecule has 4 heteroatoms. The molecule has 2 fully saturated rings. The fourth-order valence-corrected chi connectivity index (χ4v) is 4.50. The minimum Gasteiger partial charge on any atom is -0.550 e. The molecule has 2 bridgehead atoms. The minimum atomic E-state index is -1.07. The molecule has 2 aliphatic rings. The highest BCUT2D eigenvalue weighted by Crippen LogP contribution is 2.52. The van der Waals surface area contributed by atoms with Gasteiger partial charge in [-0.25, -0.2) is 0 Å². The molecule has 0 unspecified atom stereocenters. The van der Waals surface area contributed by atoms with Gasteiger partial charge in [-0.15, -0.1) is 0 Å². The second-order valence-electron chi connectivity index (χ2n) is 6.75. The van der Waals surface area contributed by atoms with Crippen molar-refractivity contribution in [2.24, 2.45) is 23.7 Å². The molecule has 0 radical (unpaired) electrons. The average molecular weight is 308 g/mol. The first kappa shape index (κ1) is 14.2. The van der Waals surface area contributed by atoms with Gasteiger partial charge in [-0.05, 0) is 54.0 Å². The molecule has 2 aromatic rings. The zero-order valence-electron chi connectivity index (χ0n) is 12.7. The number of aliphatic carboxylic acids is 1. The zero-order chi connectivity index (χ0) is 16.0. The maximum atomic E-state index is 12.7. The Kier molecular flexibility index (Phi) is 3.33. The van der Waals surface area contributed by atoms with Gasteiger partial charge in [-0.2, -0.15) is 0 Å². The van der Waals surface area contributed by atoms with Crippen LogP contribution in [-0.4, -0.2) is 11.9 Å². The topological polar surface area (TPSA) is 69.2 Å². The van der Waals surface area contributed by atoms with Crippen LogP contribution in [0, 0.1) is 23.7 Å². The third kappa shape index (κ3) is 2.38. The molecule has 4 nitrogen and oxygen atoms in total. The molecule has 2 saturated carbocycles. The van der Waals surface area contributed by atoms with E-state index in [1.54, 1.807) is 0 Å². The normalized spacial score (nSPS) is 28.9. The second kappa shape index (κ2) is 5.37. The largest absolute Gasteiger partial charge is 0.550 e. The van der Waals surface area contributed by atoms with Crippen LogP contribution in [0.15, 0.2) is 42.5 Å². The summed E-state index contributed by atoms with van der Waals surface area (Å²) in [4.78, 5) is 24.1. The van der Waals surface area contributed by atoms with E-state index in [0.29, 0.717) is 5.69 Å². The molecular formula is C19H18NO3-. The lowest BCUT2D eigenvalue weighted by molar-refractivity contribution is -0.314. The molecule has 1 N–H and O–H groups in total. The fourth-order valence-electron chi connectivity index (χ4n) is 4.50. The summed E-state index contributed by atoms with van der Waals surface area (Å²) in [7, 11) is 0. The highest BCUT2D eigenvalue weighted by atomic mass is 16.4. The van der Waals surface area contributed by atoms with Crippen molar-refractivity contribution in [3.05, 3.63) is 42.5 Å². The standard InChI is InChI=1S/C19H19NO3/c21-18(16-13-5-6-14(9-13)17(16)19(22)23)20-15-8-7-11-3-1-2-4-12(11)10-15/h1-4,7-8,10,13-14,16-17H,5-6,9H2,(H,20,21)(H,22,23)/p-1/t13-,14-,16+,17-/m0/s1. The molecule has 4 rings (SSSR count). The van der Waals surface area contributed by atoms with Gasteiger partial charge in [0.05, 0.1) is 0 Å². The number of anilines is 1. The number of hydrogen-bond acceptors (Lipinski definition) is 3. The van der Waals surface area contributed by atoms with Crippen LogP contribution in [-0.2, 0) is 9.59 Å². The number of carbonyl (C=O) groups excluding carboxylic acids is 2. The first-order chi connectivity index (χ1) is 11.1. The third-order valence-corrected chi connectivity index (χ3v) is 5.51. The average Bonchev–Trinajstić information content (AvgIpc) is 3.15. The van der Waals surface area contributed by atoms with Gasteiger partial charge in [-0.3, -0.25) is 4.79 Å². The molecule has 0 aromatic heterocycles. The highest BCUT2D eigenvalue weighted by Gasteiger charge is 2.51. The fraction of sp³-hybridized carbons (Fsp3) is 0.368. The number of hydrogen-bond donors (Lipinski definition) is 1. The number of amides is 1.